The summed E-state index contributed by atoms with van der Waals surface area (Å²) in [6, 6.07) is 23.6. The second-order valence-corrected chi connectivity index (χ2v) is 7.10. The zero-order chi connectivity index (χ0) is 20.4. The zero-order valence-corrected chi connectivity index (χ0v) is 16.5. The Morgan fingerprint density at radius 2 is 1.28 bits per heavy atom. The van der Waals surface area contributed by atoms with Gasteiger partial charge < -0.3 is 4.74 Å². The summed E-state index contributed by atoms with van der Waals surface area (Å²) in [7, 11) is 1.58. The van der Waals surface area contributed by atoms with Crippen LogP contribution in [0, 0.1) is 0 Å². The predicted octanol–water partition coefficient (Wildman–Crippen LogP) is 4.83. The number of methoxy groups -OCH3 is 1. The van der Waals surface area contributed by atoms with Crippen LogP contribution in [0.3, 0.4) is 0 Å². The van der Waals surface area contributed by atoms with Crippen LogP contribution in [0.4, 0.5) is 0 Å². The Labute approximate surface area is 174 Å². The van der Waals surface area contributed by atoms with Crippen molar-refractivity contribution in [3.05, 3.63) is 101 Å². The first-order valence-corrected chi connectivity index (χ1v) is 9.51. The van der Waals surface area contributed by atoms with Crippen LogP contribution in [-0.4, -0.2) is 23.8 Å². The fourth-order valence-corrected chi connectivity index (χ4v) is 3.52. The summed E-state index contributed by atoms with van der Waals surface area (Å²) in [6.45, 7) is 0.218. The molecule has 4 rings (SSSR count). The monoisotopic (exact) mass is 403 g/mol. The molecule has 3 aromatic carbocycles. The number of benzene rings is 3. The zero-order valence-electron chi connectivity index (χ0n) is 15.8. The molecule has 0 saturated heterocycles. The molecule has 29 heavy (non-hydrogen) atoms. The van der Waals surface area contributed by atoms with Crippen LogP contribution in [0.15, 0.2) is 78.9 Å². The maximum absolute atomic E-state index is 13.3. The lowest BCUT2D eigenvalue weighted by Gasteiger charge is -2.15. The van der Waals surface area contributed by atoms with Gasteiger partial charge in [-0.3, -0.25) is 14.5 Å². The summed E-state index contributed by atoms with van der Waals surface area (Å²) < 4.78 is 5.21. The van der Waals surface area contributed by atoms with Gasteiger partial charge in [0.2, 0.25) is 0 Å². The molecule has 0 atom stereocenters. The number of ether oxygens (including phenoxy) is 1. The quantitative estimate of drug-likeness (QED) is 0.573. The number of imide groups is 1. The van der Waals surface area contributed by atoms with E-state index in [1.54, 1.807) is 55.6 Å². The van der Waals surface area contributed by atoms with Crippen molar-refractivity contribution < 1.29 is 14.3 Å². The van der Waals surface area contributed by atoms with Gasteiger partial charge in [0, 0.05) is 5.02 Å². The molecule has 5 heteroatoms. The van der Waals surface area contributed by atoms with Crippen LogP contribution >= 0.6 is 11.6 Å². The van der Waals surface area contributed by atoms with E-state index in [-0.39, 0.29) is 18.4 Å². The van der Waals surface area contributed by atoms with Crippen LogP contribution in [0.2, 0.25) is 5.02 Å². The van der Waals surface area contributed by atoms with Gasteiger partial charge in [0.25, 0.3) is 11.8 Å². The fraction of sp³-hybridized carbons (Fsp3) is 0.0833. The average molecular weight is 404 g/mol. The van der Waals surface area contributed by atoms with E-state index in [1.165, 1.54) is 4.90 Å². The summed E-state index contributed by atoms with van der Waals surface area (Å²) in [4.78, 5) is 27.9. The standard InChI is InChI=1S/C24H18ClNO3/c1-29-20-13-9-18(10-14-20)22-21(17-7-11-19(25)12-8-17)23(27)26(24(22)28)15-16-5-3-2-4-6-16/h2-14H,15H2,1H3. The summed E-state index contributed by atoms with van der Waals surface area (Å²) in [5.41, 5.74) is 2.99. The van der Waals surface area contributed by atoms with Gasteiger partial charge in [-0.15, -0.1) is 0 Å². The molecule has 0 unspecified atom stereocenters. The lowest BCUT2D eigenvalue weighted by Crippen LogP contribution is -2.30. The second-order valence-electron chi connectivity index (χ2n) is 6.67. The molecule has 4 nitrogen and oxygen atoms in total. The normalized spacial score (nSPS) is 13.9. The van der Waals surface area contributed by atoms with Crippen molar-refractivity contribution in [2.75, 3.05) is 7.11 Å². The first kappa shape index (κ1) is 19.0. The minimum atomic E-state index is -0.313. The van der Waals surface area contributed by atoms with Gasteiger partial charge in [-0.1, -0.05) is 66.2 Å². The Morgan fingerprint density at radius 3 is 1.79 bits per heavy atom. The van der Waals surface area contributed by atoms with Crippen molar-refractivity contribution in [2.45, 2.75) is 6.54 Å². The van der Waals surface area contributed by atoms with Crippen LogP contribution in [0.25, 0.3) is 11.1 Å². The van der Waals surface area contributed by atoms with Crippen molar-refractivity contribution in [3.8, 4) is 5.75 Å². The van der Waals surface area contributed by atoms with Crippen LogP contribution in [0.1, 0.15) is 16.7 Å². The molecule has 0 N–H and O–H groups in total. The Bertz CT molecular complexity index is 1090. The fourth-order valence-electron chi connectivity index (χ4n) is 3.40. The Morgan fingerprint density at radius 1 is 0.759 bits per heavy atom. The Kier molecular flexibility index (Phi) is 5.19. The van der Waals surface area contributed by atoms with Crippen molar-refractivity contribution in [1.82, 2.24) is 4.90 Å². The molecule has 1 aliphatic rings. The smallest absolute Gasteiger partial charge is 0.262 e. The lowest BCUT2D eigenvalue weighted by molar-refractivity contribution is -0.136. The molecule has 0 radical (unpaired) electrons. The molecule has 0 spiro atoms. The molecule has 0 aromatic heterocycles. The predicted molar refractivity (Wildman–Crippen MR) is 113 cm³/mol. The number of hydrogen-bond acceptors (Lipinski definition) is 3. The number of carbonyl (C=O) groups excluding carboxylic acids is 2. The minimum absolute atomic E-state index is 0.218. The second kappa shape index (κ2) is 7.94. The highest BCUT2D eigenvalue weighted by molar-refractivity contribution is 6.49. The van der Waals surface area contributed by atoms with Gasteiger partial charge in [-0.25, -0.2) is 0 Å². The van der Waals surface area contributed by atoms with E-state index >= 15 is 0 Å². The molecule has 3 aromatic rings. The van der Waals surface area contributed by atoms with E-state index in [4.69, 9.17) is 16.3 Å². The molecule has 0 saturated carbocycles. The van der Waals surface area contributed by atoms with Gasteiger partial charge in [0.05, 0.1) is 24.8 Å². The van der Waals surface area contributed by atoms with Crippen LogP contribution < -0.4 is 4.74 Å². The number of nitrogens with zero attached hydrogens (tertiary/aromatic N) is 1. The number of hydrogen-bond donors (Lipinski definition) is 0. The van der Waals surface area contributed by atoms with Gasteiger partial charge in [0.1, 0.15) is 5.75 Å². The topological polar surface area (TPSA) is 46.6 Å². The third kappa shape index (κ3) is 3.67. The van der Waals surface area contributed by atoms with Gasteiger partial charge in [-0.2, -0.15) is 0 Å². The number of halogens is 1. The van der Waals surface area contributed by atoms with Crippen molar-refractivity contribution in [3.63, 3.8) is 0 Å². The number of carbonyl (C=O) groups is 2. The Hall–Kier alpha value is -3.37. The summed E-state index contributed by atoms with van der Waals surface area (Å²) in [5, 5.41) is 0.568. The maximum atomic E-state index is 13.3. The van der Waals surface area contributed by atoms with Crippen LogP contribution in [-0.2, 0) is 16.1 Å². The van der Waals surface area contributed by atoms with E-state index in [0.717, 1.165) is 5.56 Å². The molecule has 0 bridgehead atoms. The molecule has 0 aliphatic carbocycles. The summed E-state index contributed by atoms with van der Waals surface area (Å²) in [6.07, 6.45) is 0. The largest absolute Gasteiger partial charge is 0.497 e. The first-order valence-electron chi connectivity index (χ1n) is 9.13. The van der Waals surface area contributed by atoms with E-state index < -0.39 is 0 Å². The third-order valence-electron chi connectivity index (χ3n) is 4.86. The SMILES string of the molecule is COc1ccc(C2=C(c3ccc(Cl)cc3)C(=O)N(Cc3ccccc3)C2=O)cc1. The highest BCUT2D eigenvalue weighted by Gasteiger charge is 2.39. The third-order valence-corrected chi connectivity index (χ3v) is 5.12. The van der Waals surface area contributed by atoms with Crippen molar-refractivity contribution in [1.29, 1.82) is 0 Å². The molecule has 1 heterocycles. The van der Waals surface area contributed by atoms with Crippen molar-refractivity contribution in [2.24, 2.45) is 0 Å². The molecular formula is C24H18ClNO3. The first-order chi connectivity index (χ1) is 14.1. The summed E-state index contributed by atoms with van der Waals surface area (Å²) in [5.74, 6) is 0.0567. The summed E-state index contributed by atoms with van der Waals surface area (Å²) >= 11 is 6.01. The van der Waals surface area contributed by atoms with Crippen LogP contribution in [0.5, 0.6) is 5.75 Å². The van der Waals surface area contributed by atoms with E-state index in [0.29, 0.717) is 33.0 Å². The highest BCUT2D eigenvalue weighted by Crippen LogP contribution is 2.37. The number of rotatable bonds is 5. The van der Waals surface area contributed by atoms with E-state index in [1.807, 2.05) is 30.3 Å². The highest BCUT2D eigenvalue weighted by atomic mass is 35.5. The van der Waals surface area contributed by atoms with Gasteiger partial charge >= 0.3 is 0 Å². The molecular weight excluding hydrogens is 386 g/mol. The van der Waals surface area contributed by atoms with Gasteiger partial charge in [0.15, 0.2) is 0 Å². The lowest BCUT2D eigenvalue weighted by atomic mass is 9.96. The van der Waals surface area contributed by atoms with E-state index in [2.05, 4.69) is 0 Å². The van der Waals surface area contributed by atoms with Gasteiger partial charge in [-0.05, 0) is 41.0 Å². The molecule has 1 aliphatic heterocycles. The Balaban J connectivity index is 1.81. The average Bonchev–Trinajstić information content (AvgIpc) is 3.00. The number of amides is 2. The molecule has 0 fully saturated rings. The molecule has 2 amide bonds. The van der Waals surface area contributed by atoms with Crippen molar-refractivity contribution >= 4 is 34.6 Å². The molecule has 144 valence electrons. The maximum Gasteiger partial charge on any atom is 0.262 e. The van der Waals surface area contributed by atoms with E-state index in [9.17, 15) is 9.59 Å². The minimum Gasteiger partial charge on any atom is -0.497 e.